The smallest absolute Gasteiger partial charge is 0.112 e. The first-order chi connectivity index (χ1) is 7.95. The second kappa shape index (κ2) is 4.58. The highest BCUT2D eigenvalue weighted by Crippen LogP contribution is 2.34. The highest BCUT2D eigenvalue weighted by Gasteiger charge is 2.24. The second-order valence-electron chi connectivity index (χ2n) is 5.02. The summed E-state index contributed by atoms with van der Waals surface area (Å²) in [6, 6.07) is 0.723. The summed E-state index contributed by atoms with van der Waals surface area (Å²) < 4.78 is 7.87. The molecule has 0 atom stereocenters. The third-order valence-electron chi connectivity index (χ3n) is 4.00. The molecule has 0 bridgehead atoms. The molecule has 0 aromatic carbocycles. The molecule has 2 fully saturated rings. The van der Waals surface area contributed by atoms with Gasteiger partial charge in [0.2, 0.25) is 0 Å². The van der Waals surface area contributed by atoms with E-state index in [1.165, 1.54) is 31.5 Å². The van der Waals surface area contributed by atoms with Crippen LogP contribution < -0.4 is 0 Å². The zero-order valence-corrected chi connectivity index (χ0v) is 9.77. The van der Waals surface area contributed by atoms with E-state index in [4.69, 9.17) is 4.74 Å². The van der Waals surface area contributed by atoms with Gasteiger partial charge in [0, 0.05) is 37.6 Å². The van der Waals surface area contributed by atoms with Crippen molar-refractivity contribution in [3.63, 3.8) is 0 Å². The molecule has 3 rings (SSSR count). The van der Waals surface area contributed by atoms with Crippen LogP contribution in [0.25, 0.3) is 0 Å². The molecule has 1 aromatic heterocycles. The standard InChI is InChI=1S/C13H20N2O/c1-2-4-12(3-1)15-8-7-14-13(15)11-5-9-16-10-6-11/h7-8,11-12H,1-6,9-10H2. The Labute approximate surface area is 96.8 Å². The van der Waals surface area contributed by atoms with Crippen LogP contribution in [0.5, 0.6) is 0 Å². The van der Waals surface area contributed by atoms with Crippen LogP contribution in [-0.2, 0) is 4.74 Å². The monoisotopic (exact) mass is 220 g/mol. The van der Waals surface area contributed by atoms with Crippen molar-refractivity contribution >= 4 is 0 Å². The molecule has 0 spiro atoms. The van der Waals surface area contributed by atoms with Gasteiger partial charge in [-0.05, 0) is 25.7 Å². The zero-order chi connectivity index (χ0) is 10.8. The van der Waals surface area contributed by atoms with E-state index in [0.29, 0.717) is 5.92 Å². The highest BCUT2D eigenvalue weighted by molar-refractivity contribution is 5.04. The van der Waals surface area contributed by atoms with Gasteiger partial charge in [-0.2, -0.15) is 0 Å². The maximum Gasteiger partial charge on any atom is 0.112 e. The molecule has 0 amide bonds. The molecule has 1 aromatic rings. The summed E-state index contributed by atoms with van der Waals surface area (Å²) in [5, 5.41) is 0. The quantitative estimate of drug-likeness (QED) is 0.766. The Hall–Kier alpha value is -0.830. The molecule has 1 saturated heterocycles. The van der Waals surface area contributed by atoms with E-state index in [9.17, 15) is 0 Å². The number of ether oxygens (including phenoxy) is 1. The second-order valence-corrected chi connectivity index (χ2v) is 5.02. The molecule has 1 aliphatic heterocycles. The normalized spacial score (nSPS) is 24.0. The minimum Gasteiger partial charge on any atom is -0.381 e. The number of nitrogens with zero attached hydrogens (tertiary/aromatic N) is 2. The summed E-state index contributed by atoms with van der Waals surface area (Å²) in [7, 11) is 0. The van der Waals surface area contributed by atoms with Crippen LogP contribution in [0.2, 0.25) is 0 Å². The van der Waals surface area contributed by atoms with Crippen molar-refractivity contribution in [1.29, 1.82) is 0 Å². The summed E-state index contributed by atoms with van der Waals surface area (Å²) in [6.45, 7) is 1.81. The Morgan fingerprint density at radius 3 is 2.62 bits per heavy atom. The molecular weight excluding hydrogens is 200 g/mol. The Kier molecular flexibility index (Phi) is 2.96. The van der Waals surface area contributed by atoms with Gasteiger partial charge in [-0.15, -0.1) is 0 Å². The van der Waals surface area contributed by atoms with Crippen molar-refractivity contribution in [2.75, 3.05) is 13.2 Å². The maximum atomic E-state index is 5.43. The topological polar surface area (TPSA) is 27.1 Å². The fourth-order valence-electron chi connectivity index (χ4n) is 3.09. The average molecular weight is 220 g/mol. The Balaban J connectivity index is 1.80. The lowest BCUT2D eigenvalue weighted by Gasteiger charge is -2.24. The largest absolute Gasteiger partial charge is 0.381 e. The van der Waals surface area contributed by atoms with Crippen molar-refractivity contribution < 1.29 is 4.74 Å². The van der Waals surface area contributed by atoms with Crippen LogP contribution in [-0.4, -0.2) is 22.8 Å². The molecular formula is C13H20N2O. The minimum absolute atomic E-state index is 0.629. The SMILES string of the molecule is c1cn(C2CCCC2)c(C2CCOCC2)n1. The lowest BCUT2D eigenvalue weighted by Crippen LogP contribution is -2.19. The van der Waals surface area contributed by atoms with Crippen molar-refractivity contribution in [1.82, 2.24) is 9.55 Å². The predicted molar refractivity (Wildman–Crippen MR) is 62.5 cm³/mol. The molecule has 0 radical (unpaired) electrons. The van der Waals surface area contributed by atoms with E-state index in [1.54, 1.807) is 0 Å². The van der Waals surface area contributed by atoms with Gasteiger partial charge in [0.15, 0.2) is 0 Å². The first-order valence-electron chi connectivity index (χ1n) is 6.55. The molecule has 2 aliphatic rings. The van der Waals surface area contributed by atoms with E-state index in [-0.39, 0.29) is 0 Å². The molecule has 0 unspecified atom stereocenters. The molecule has 3 nitrogen and oxygen atoms in total. The Bertz CT molecular complexity index is 335. The number of hydrogen-bond acceptors (Lipinski definition) is 2. The number of imidazole rings is 1. The van der Waals surface area contributed by atoms with E-state index in [2.05, 4.69) is 15.7 Å². The fraction of sp³-hybridized carbons (Fsp3) is 0.769. The van der Waals surface area contributed by atoms with E-state index >= 15 is 0 Å². The molecule has 88 valence electrons. The third kappa shape index (κ3) is 1.88. The lowest BCUT2D eigenvalue weighted by atomic mass is 9.99. The van der Waals surface area contributed by atoms with Crippen LogP contribution in [0.15, 0.2) is 12.4 Å². The van der Waals surface area contributed by atoms with Crippen LogP contribution >= 0.6 is 0 Å². The fourth-order valence-corrected chi connectivity index (χ4v) is 3.09. The molecule has 16 heavy (non-hydrogen) atoms. The van der Waals surface area contributed by atoms with Crippen LogP contribution in [0.4, 0.5) is 0 Å². The Morgan fingerprint density at radius 2 is 1.88 bits per heavy atom. The summed E-state index contributed by atoms with van der Waals surface area (Å²) in [4.78, 5) is 4.59. The van der Waals surface area contributed by atoms with Gasteiger partial charge < -0.3 is 9.30 Å². The molecule has 1 saturated carbocycles. The Morgan fingerprint density at radius 1 is 1.12 bits per heavy atom. The van der Waals surface area contributed by atoms with Gasteiger partial charge >= 0.3 is 0 Å². The van der Waals surface area contributed by atoms with Gasteiger partial charge in [-0.1, -0.05) is 12.8 Å². The number of hydrogen-bond donors (Lipinski definition) is 0. The van der Waals surface area contributed by atoms with Gasteiger partial charge in [-0.3, -0.25) is 0 Å². The van der Waals surface area contributed by atoms with E-state index in [0.717, 1.165) is 32.1 Å². The number of aromatic nitrogens is 2. The summed E-state index contributed by atoms with van der Waals surface area (Å²) in [6.07, 6.45) is 11.9. The first-order valence-corrected chi connectivity index (χ1v) is 6.55. The lowest BCUT2D eigenvalue weighted by molar-refractivity contribution is 0.0824. The third-order valence-corrected chi connectivity index (χ3v) is 4.00. The molecule has 1 aliphatic carbocycles. The van der Waals surface area contributed by atoms with Crippen molar-refractivity contribution in [3.8, 4) is 0 Å². The average Bonchev–Trinajstić information content (AvgIpc) is 3.01. The zero-order valence-electron chi connectivity index (χ0n) is 9.77. The van der Waals surface area contributed by atoms with Crippen LogP contribution in [0.1, 0.15) is 56.3 Å². The molecule has 0 N–H and O–H groups in total. The predicted octanol–water partition coefficient (Wildman–Crippen LogP) is 2.89. The first kappa shape index (κ1) is 10.3. The van der Waals surface area contributed by atoms with Gasteiger partial charge in [0.1, 0.15) is 5.82 Å². The van der Waals surface area contributed by atoms with Crippen LogP contribution in [0, 0.1) is 0 Å². The van der Waals surface area contributed by atoms with Crippen LogP contribution in [0.3, 0.4) is 0 Å². The summed E-state index contributed by atoms with van der Waals surface area (Å²) in [5.41, 5.74) is 0. The van der Waals surface area contributed by atoms with Gasteiger partial charge in [-0.25, -0.2) is 4.98 Å². The highest BCUT2D eigenvalue weighted by atomic mass is 16.5. The van der Waals surface area contributed by atoms with Crippen molar-refractivity contribution in [3.05, 3.63) is 18.2 Å². The molecule has 3 heteroatoms. The summed E-state index contributed by atoms with van der Waals surface area (Å²) in [5.74, 6) is 1.94. The van der Waals surface area contributed by atoms with Gasteiger partial charge in [0.25, 0.3) is 0 Å². The van der Waals surface area contributed by atoms with E-state index < -0.39 is 0 Å². The van der Waals surface area contributed by atoms with Crippen molar-refractivity contribution in [2.45, 2.75) is 50.5 Å². The van der Waals surface area contributed by atoms with Gasteiger partial charge in [0.05, 0.1) is 0 Å². The number of rotatable bonds is 2. The van der Waals surface area contributed by atoms with Crippen molar-refractivity contribution in [2.24, 2.45) is 0 Å². The van der Waals surface area contributed by atoms with E-state index in [1.807, 2.05) is 6.20 Å². The summed E-state index contributed by atoms with van der Waals surface area (Å²) >= 11 is 0. The maximum absolute atomic E-state index is 5.43. The minimum atomic E-state index is 0.629. The molecule has 2 heterocycles.